The summed E-state index contributed by atoms with van der Waals surface area (Å²) in [5.41, 5.74) is 1.88. The van der Waals surface area contributed by atoms with Crippen molar-refractivity contribution in [1.29, 1.82) is 0 Å². The van der Waals surface area contributed by atoms with E-state index in [0.29, 0.717) is 10.7 Å². The number of imidazole rings is 1. The maximum Gasteiger partial charge on any atom is 0.298 e. The van der Waals surface area contributed by atoms with Gasteiger partial charge in [0.1, 0.15) is 0 Å². The van der Waals surface area contributed by atoms with E-state index in [9.17, 15) is 8.42 Å². The molecule has 0 fully saturated rings. The Morgan fingerprint density at radius 1 is 1.07 bits per heavy atom. The average Bonchev–Trinajstić information content (AvgIpc) is 3.28. The van der Waals surface area contributed by atoms with Crippen LogP contribution < -0.4 is 0 Å². The summed E-state index contributed by atoms with van der Waals surface area (Å²) < 4.78 is 29.0. The summed E-state index contributed by atoms with van der Waals surface area (Å²) in [4.78, 5) is 4.01. The fourth-order valence-electron chi connectivity index (χ4n) is 3.39. The molecule has 2 heterocycles. The van der Waals surface area contributed by atoms with Gasteiger partial charge in [-0.3, -0.25) is 0 Å². The van der Waals surface area contributed by atoms with E-state index in [0.717, 1.165) is 15.5 Å². The number of hydrogen-bond donors (Lipinski definition) is 0. The van der Waals surface area contributed by atoms with Crippen LogP contribution in [0.1, 0.15) is 18.1 Å². The molecule has 0 aliphatic carbocycles. The SMILES string of the molecule is Cn1cnc(S(=O)(=O)N2CC(C)(c3ccccc3)C(c3ccc(Cl)cc3)=N2)c1. The first kappa shape index (κ1) is 18.7. The van der Waals surface area contributed by atoms with Crippen molar-refractivity contribution in [3.8, 4) is 0 Å². The minimum Gasteiger partial charge on any atom is -0.339 e. The molecule has 3 aromatic rings. The van der Waals surface area contributed by atoms with Crippen molar-refractivity contribution in [2.75, 3.05) is 6.54 Å². The topological polar surface area (TPSA) is 67.6 Å². The van der Waals surface area contributed by atoms with Crippen molar-refractivity contribution in [3.05, 3.63) is 83.3 Å². The highest BCUT2D eigenvalue weighted by Crippen LogP contribution is 2.37. The highest BCUT2D eigenvalue weighted by molar-refractivity contribution is 7.89. The van der Waals surface area contributed by atoms with Gasteiger partial charge in [0.15, 0.2) is 5.03 Å². The molecule has 4 rings (SSSR count). The Balaban J connectivity index is 1.84. The number of hydrazone groups is 1. The van der Waals surface area contributed by atoms with E-state index in [1.165, 1.54) is 12.5 Å². The predicted molar refractivity (Wildman–Crippen MR) is 109 cm³/mol. The molecule has 144 valence electrons. The van der Waals surface area contributed by atoms with Crippen molar-refractivity contribution in [2.24, 2.45) is 12.1 Å². The van der Waals surface area contributed by atoms with Crippen molar-refractivity contribution < 1.29 is 8.42 Å². The van der Waals surface area contributed by atoms with Gasteiger partial charge >= 0.3 is 0 Å². The molecule has 1 aliphatic rings. The van der Waals surface area contributed by atoms with E-state index in [2.05, 4.69) is 10.1 Å². The second kappa shape index (κ2) is 6.76. The van der Waals surface area contributed by atoms with Crippen LogP contribution in [-0.4, -0.2) is 34.6 Å². The van der Waals surface area contributed by atoms with E-state index < -0.39 is 15.4 Å². The lowest BCUT2D eigenvalue weighted by molar-refractivity contribution is 0.416. The van der Waals surface area contributed by atoms with Crippen LogP contribution in [-0.2, 0) is 22.5 Å². The summed E-state index contributed by atoms with van der Waals surface area (Å²) in [7, 11) is -2.13. The van der Waals surface area contributed by atoms with Crippen molar-refractivity contribution >= 4 is 27.3 Å². The van der Waals surface area contributed by atoms with Gasteiger partial charge < -0.3 is 4.57 Å². The van der Waals surface area contributed by atoms with Crippen molar-refractivity contribution in [2.45, 2.75) is 17.4 Å². The number of aromatic nitrogens is 2. The zero-order chi connectivity index (χ0) is 19.9. The van der Waals surface area contributed by atoms with Gasteiger partial charge in [-0.2, -0.15) is 17.9 Å². The molecule has 28 heavy (non-hydrogen) atoms. The molecular formula is C20H19ClN4O2S. The molecule has 6 nitrogen and oxygen atoms in total. The van der Waals surface area contributed by atoms with Crippen LogP contribution in [0.5, 0.6) is 0 Å². The Morgan fingerprint density at radius 2 is 1.75 bits per heavy atom. The second-order valence-corrected chi connectivity index (χ2v) is 9.24. The van der Waals surface area contributed by atoms with Gasteiger partial charge in [0.25, 0.3) is 10.0 Å². The van der Waals surface area contributed by atoms with Gasteiger partial charge in [-0.25, -0.2) is 4.98 Å². The number of rotatable bonds is 4. The summed E-state index contributed by atoms with van der Waals surface area (Å²) in [5.74, 6) is 0. The summed E-state index contributed by atoms with van der Waals surface area (Å²) in [5, 5.41) is 5.14. The third-order valence-electron chi connectivity index (χ3n) is 4.94. The molecule has 0 saturated heterocycles. The monoisotopic (exact) mass is 414 g/mol. The smallest absolute Gasteiger partial charge is 0.298 e. The minimum atomic E-state index is -3.86. The average molecular weight is 415 g/mol. The van der Waals surface area contributed by atoms with Crippen LogP contribution in [0.4, 0.5) is 0 Å². The van der Waals surface area contributed by atoms with Crippen molar-refractivity contribution in [1.82, 2.24) is 14.0 Å². The van der Waals surface area contributed by atoms with E-state index in [1.807, 2.05) is 49.4 Å². The highest BCUT2D eigenvalue weighted by Gasteiger charge is 2.45. The molecule has 1 atom stereocenters. The molecule has 0 bridgehead atoms. The Morgan fingerprint density at radius 3 is 2.36 bits per heavy atom. The van der Waals surface area contributed by atoms with E-state index in [-0.39, 0.29) is 11.6 Å². The molecule has 8 heteroatoms. The molecular weight excluding hydrogens is 396 g/mol. The summed E-state index contributed by atoms with van der Waals surface area (Å²) in [6.07, 6.45) is 2.94. The molecule has 0 N–H and O–H groups in total. The van der Waals surface area contributed by atoms with Gasteiger partial charge in [0, 0.05) is 18.3 Å². The molecule has 0 radical (unpaired) electrons. The quantitative estimate of drug-likeness (QED) is 0.656. The number of sulfonamides is 1. The van der Waals surface area contributed by atoms with Crippen LogP contribution in [0.3, 0.4) is 0 Å². The second-order valence-electron chi connectivity index (χ2n) is 7.02. The number of aryl methyl sites for hydroxylation is 1. The lowest BCUT2D eigenvalue weighted by atomic mass is 9.76. The lowest BCUT2D eigenvalue weighted by Crippen LogP contribution is -2.37. The zero-order valence-electron chi connectivity index (χ0n) is 15.4. The maximum absolute atomic E-state index is 13.1. The van der Waals surface area contributed by atoms with Gasteiger partial charge in [-0.05, 0) is 30.2 Å². The number of benzene rings is 2. The van der Waals surface area contributed by atoms with Gasteiger partial charge in [-0.15, -0.1) is 0 Å². The first-order valence-electron chi connectivity index (χ1n) is 8.72. The molecule has 0 amide bonds. The first-order valence-corrected chi connectivity index (χ1v) is 10.5. The zero-order valence-corrected chi connectivity index (χ0v) is 17.0. The fraction of sp³-hybridized carbons (Fsp3) is 0.200. The number of hydrogen-bond acceptors (Lipinski definition) is 4. The third kappa shape index (κ3) is 3.10. The standard InChI is InChI=1S/C20H19ClN4O2S/c1-20(16-6-4-3-5-7-16)13-25(28(26,27)18-12-24(2)14-22-18)23-19(20)15-8-10-17(21)11-9-15/h3-12,14H,13H2,1-2H3. The largest absolute Gasteiger partial charge is 0.339 e. The van der Waals surface area contributed by atoms with E-state index in [1.54, 1.807) is 23.7 Å². The maximum atomic E-state index is 13.1. The normalized spacial score (nSPS) is 19.7. The summed E-state index contributed by atoms with van der Waals surface area (Å²) in [6, 6.07) is 17.1. The first-order chi connectivity index (χ1) is 13.3. The Kier molecular flexibility index (Phi) is 4.51. The van der Waals surface area contributed by atoms with E-state index >= 15 is 0 Å². The number of halogens is 1. The van der Waals surface area contributed by atoms with Crippen LogP contribution >= 0.6 is 11.6 Å². The predicted octanol–water partition coefficient (Wildman–Crippen LogP) is 3.44. The molecule has 0 saturated carbocycles. The molecule has 1 aliphatic heterocycles. The van der Waals surface area contributed by atoms with Gasteiger partial charge in [-0.1, -0.05) is 54.1 Å². The molecule has 1 aromatic heterocycles. The minimum absolute atomic E-state index is 0.0217. The molecule has 2 aromatic carbocycles. The third-order valence-corrected chi connectivity index (χ3v) is 6.69. The highest BCUT2D eigenvalue weighted by atomic mass is 35.5. The Labute approximate surface area is 169 Å². The van der Waals surface area contributed by atoms with Crippen molar-refractivity contribution in [3.63, 3.8) is 0 Å². The van der Waals surface area contributed by atoms with E-state index in [4.69, 9.17) is 11.6 Å². The molecule has 1 unspecified atom stereocenters. The van der Waals surface area contributed by atoms with Crippen LogP contribution in [0.15, 0.2) is 77.2 Å². The lowest BCUT2D eigenvalue weighted by Gasteiger charge is -2.27. The van der Waals surface area contributed by atoms with Crippen LogP contribution in [0, 0.1) is 0 Å². The van der Waals surface area contributed by atoms with Crippen LogP contribution in [0.25, 0.3) is 0 Å². The summed E-state index contributed by atoms with van der Waals surface area (Å²) in [6.45, 7) is 2.19. The fourth-order valence-corrected chi connectivity index (χ4v) is 4.83. The Hall–Kier alpha value is -2.64. The van der Waals surface area contributed by atoms with Gasteiger partial charge in [0.05, 0.1) is 24.0 Å². The van der Waals surface area contributed by atoms with Crippen LogP contribution in [0.2, 0.25) is 5.02 Å². The Bertz CT molecular complexity index is 1140. The molecule has 0 spiro atoms. The summed E-state index contributed by atoms with van der Waals surface area (Å²) >= 11 is 6.03. The number of nitrogens with zero attached hydrogens (tertiary/aromatic N) is 4. The van der Waals surface area contributed by atoms with Gasteiger partial charge in [0.2, 0.25) is 0 Å².